The number of carbonyl (C=O) groups excluding carboxylic acids is 2. The Morgan fingerprint density at radius 2 is 1.88 bits per heavy atom. The predicted molar refractivity (Wildman–Crippen MR) is 93.3 cm³/mol. The summed E-state index contributed by atoms with van der Waals surface area (Å²) in [5, 5.41) is 12.0. The van der Waals surface area contributed by atoms with Crippen LogP contribution in [0, 0.1) is 5.92 Å². The van der Waals surface area contributed by atoms with Gasteiger partial charge in [0.1, 0.15) is 6.54 Å². The van der Waals surface area contributed by atoms with Crippen LogP contribution >= 0.6 is 11.6 Å². The summed E-state index contributed by atoms with van der Waals surface area (Å²) in [5.41, 5.74) is 0.612. The second kappa shape index (κ2) is 8.68. The van der Waals surface area contributed by atoms with Crippen molar-refractivity contribution in [2.45, 2.75) is 40.2 Å². The SMILES string of the molecule is CCC(C)N(CC(=O)O)C(=O)c1cc(NC(=O)C(C)C)ccc1Cl. The van der Waals surface area contributed by atoms with Crippen molar-refractivity contribution in [2.24, 2.45) is 5.92 Å². The highest BCUT2D eigenvalue weighted by Crippen LogP contribution is 2.24. The third-order valence-electron chi connectivity index (χ3n) is 3.68. The lowest BCUT2D eigenvalue weighted by Crippen LogP contribution is -2.42. The third-order valence-corrected chi connectivity index (χ3v) is 4.01. The molecule has 24 heavy (non-hydrogen) atoms. The van der Waals surface area contributed by atoms with Gasteiger partial charge in [0, 0.05) is 17.6 Å². The van der Waals surface area contributed by atoms with E-state index in [9.17, 15) is 14.4 Å². The lowest BCUT2D eigenvalue weighted by molar-refractivity contribution is -0.138. The van der Waals surface area contributed by atoms with Crippen molar-refractivity contribution in [1.82, 2.24) is 4.90 Å². The Bertz CT molecular complexity index is 631. The molecule has 1 atom stereocenters. The molecule has 0 saturated carbocycles. The molecule has 0 aliphatic carbocycles. The van der Waals surface area contributed by atoms with Gasteiger partial charge in [-0.15, -0.1) is 0 Å². The van der Waals surface area contributed by atoms with Crippen LogP contribution in [0.2, 0.25) is 5.02 Å². The Morgan fingerprint density at radius 1 is 1.25 bits per heavy atom. The number of amides is 2. The number of carboxylic acid groups (broad SMARTS) is 1. The number of nitrogens with zero attached hydrogens (tertiary/aromatic N) is 1. The van der Waals surface area contributed by atoms with Crippen molar-refractivity contribution in [1.29, 1.82) is 0 Å². The second-order valence-electron chi connectivity index (χ2n) is 5.92. The van der Waals surface area contributed by atoms with Crippen LogP contribution in [-0.4, -0.2) is 40.4 Å². The summed E-state index contributed by atoms with van der Waals surface area (Å²) in [6, 6.07) is 4.34. The molecule has 1 rings (SSSR count). The van der Waals surface area contributed by atoms with E-state index < -0.39 is 18.4 Å². The number of carboxylic acids is 1. The Labute approximate surface area is 146 Å². The first-order chi connectivity index (χ1) is 11.2. The summed E-state index contributed by atoms with van der Waals surface area (Å²) in [4.78, 5) is 36.8. The van der Waals surface area contributed by atoms with Gasteiger partial charge in [-0.2, -0.15) is 0 Å². The highest BCUT2D eigenvalue weighted by atomic mass is 35.5. The van der Waals surface area contributed by atoms with Crippen LogP contribution in [0.5, 0.6) is 0 Å². The number of hydrogen-bond acceptors (Lipinski definition) is 3. The number of anilines is 1. The number of nitrogens with one attached hydrogen (secondary N) is 1. The topological polar surface area (TPSA) is 86.7 Å². The van der Waals surface area contributed by atoms with Crippen LogP contribution in [0.4, 0.5) is 5.69 Å². The van der Waals surface area contributed by atoms with Gasteiger partial charge < -0.3 is 15.3 Å². The number of hydrogen-bond donors (Lipinski definition) is 2. The average Bonchev–Trinajstić information content (AvgIpc) is 2.52. The first-order valence-corrected chi connectivity index (χ1v) is 8.18. The lowest BCUT2D eigenvalue weighted by atomic mass is 10.1. The van der Waals surface area contributed by atoms with Crippen molar-refractivity contribution in [3.05, 3.63) is 28.8 Å². The first kappa shape index (κ1) is 20.0. The zero-order chi connectivity index (χ0) is 18.4. The van der Waals surface area contributed by atoms with E-state index in [1.54, 1.807) is 26.8 Å². The zero-order valence-corrected chi connectivity index (χ0v) is 15.1. The van der Waals surface area contributed by atoms with Gasteiger partial charge in [-0.25, -0.2) is 0 Å². The summed E-state index contributed by atoms with van der Waals surface area (Å²) in [6.07, 6.45) is 0.612. The maximum Gasteiger partial charge on any atom is 0.323 e. The van der Waals surface area contributed by atoms with Gasteiger partial charge >= 0.3 is 5.97 Å². The van der Waals surface area contributed by atoms with Crippen molar-refractivity contribution in [3.8, 4) is 0 Å². The predicted octanol–water partition coefficient (Wildman–Crippen LogP) is 3.26. The number of halogens is 1. The number of rotatable bonds is 7. The fourth-order valence-electron chi connectivity index (χ4n) is 2.00. The molecule has 1 aromatic carbocycles. The quantitative estimate of drug-likeness (QED) is 0.786. The van der Waals surface area contributed by atoms with Gasteiger partial charge in [-0.3, -0.25) is 14.4 Å². The molecule has 0 aromatic heterocycles. The molecule has 1 unspecified atom stereocenters. The van der Waals surface area contributed by atoms with E-state index in [4.69, 9.17) is 16.7 Å². The monoisotopic (exact) mass is 354 g/mol. The molecule has 0 radical (unpaired) electrons. The highest BCUT2D eigenvalue weighted by molar-refractivity contribution is 6.34. The third kappa shape index (κ3) is 5.23. The smallest absolute Gasteiger partial charge is 0.323 e. The van der Waals surface area contributed by atoms with Gasteiger partial charge in [-0.1, -0.05) is 32.4 Å². The molecule has 1 aromatic rings. The number of benzene rings is 1. The number of carbonyl (C=O) groups is 3. The molecule has 6 nitrogen and oxygen atoms in total. The summed E-state index contributed by atoms with van der Waals surface area (Å²) in [5.74, 6) is -1.95. The minimum absolute atomic E-state index is 0.166. The zero-order valence-electron chi connectivity index (χ0n) is 14.3. The molecule has 0 bridgehead atoms. The van der Waals surface area contributed by atoms with Gasteiger partial charge in [-0.05, 0) is 31.5 Å². The fourth-order valence-corrected chi connectivity index (χ4v) is 2.20. The average molecular weight is 355 g/mol. The summed E-state index contributed by atoms with van der Waals surface area (Å²) in [7, 11) is 0. The van der Waals surface area contributed by atoms with Crippen molar-refractivity contribution < 1.29 is 19.5 Å². The van der Waals surface area contributed by atoms with Gasteiger partial charge in [0.15, 0.2) is 0 Å². The summed E-state index contributed by atoms with van der Waals surface area (Å²) >= 11 is 6.11. The second-order valence-corrected chi connectivity index (χ2v) is 6.33. The van der Waals surface area contributed by atoms with E-state index >= 15 is 0 Å². The molecular weight excluding hydrogens is 332 g/mol. The van der Waals surface area contributed by atoms with Crippen LogP contribution in [-0.2, 0) is 9.59 Å². The van der Waals surface area contributed by atoms with Crippen molar-refractivity contribution >= 4 is 35.1 Å². The van der Waals surface area contributed by atoms with Crippen LogP contribution < -0.4 is 5.32 Å². The minimum atomic E-state index is -1.09. The Kier molecular flexibility index (Phi) is 7.22. The maximum absolute atomic E-state index is 12.7. The minimum Gasteiger partial charge on any atom is -0.480 e. The Balaban J connectivity index is 3.15. The molecule has 0 saturated heterocycles. The largest absolute Gasteiger partial charge is 0.480 e. The van der Waals surface area contributed by atoms with Crippen LogP contribution in [0.3, 0.4) is 0 Å². The fraction of sp³-hybridized carbons (Fsp3) is 0.471. The first-order valence-electron chi connectivity index (χ1n) is 7.80. The molecule has 0 fully saturated rings. The Hall–Kier alpha value is -2.08. The van der Waals surface area contributed by atoms with E-state index in [-0.39, 0.29) is 28.5 Å². The van der Waals surface area contributed by atoms with Crippen LogP contribution in [0.15, 0.2) is 18.2 Å². The van der Waals surface area contributed by atoms with E-state index in [0.29, 0.717) is 12.1 Å². The maximum atomic E-state index is 12.7. The molecule has 0 spiro atoms. The lowest BCUT2D eigenvalue weighted by Gasteiger charge is -2.27. The van der Waals surface area contributed by atoms with Crippen LogP contribution in [0.1, 0.15) is 44.5 Å². The molecule has 0 aliphatic rings. The summed E-state index contributed by atoms with van der Waals surface area (Å²) < 4.78 is 0. The molecule has 2 N–H and O–H groups in total. The highest BCUT2D eigenvalue weighted by Gasteiger charge is 2.25. The van der Waals surface area contributed by atoms with Gasteiger partial charge in [0.2, 0.25) is 5.91 Å². The van der Waals surface area contributed by atoms with Crippen LogP contribution in [0.25, 0.3) is 0 Å². The van der Waals surface area contributed by atoms with E-state index in [1.807, 2.05) is 6.92 Å². The Morgan fingerprint density at radius 3 is 2.38 bits per heavy atom. The normalized spacial score (nSPS) is 11.9. The molecule has 0 heterocycles. The number of aliphatic carboxylic acids is 1. The van der Waals surface area contributed by atoms with Crippen molar-refractivity contribution in [2.75, 3.05) is 11.9 Å². The van der Waals surface area contributed by atoms with Crippen molar-refractivity contribution in [3.63, 3.8) is 0 Å². The van der Waals surface area contributed by atoms with E-state index in [0.717, 1.165) is 0 Å². The summed E-state index contributed by atoms with van der Waals surface area (Å²) in [6.45, 7) is 6.75. The van der Waals surface area contributed by atoms with Gasteiger partial charge in [0.05, 0.1) is 10.6 Å². The standard InChI is InChI=1S/C17H23ClN2O4/c1-5-11(4)20(9-15(21)22)17(24)13-8-12(6-7-14(13)18)19-16(23)10(2)3/h6-8,10-11H,5,9H2,1-4H3,(H,19,23)(H,21,22). The molecular formula is C17H23ClN2O4. The molecule has 0 aliphatic heterocycles. The van der Waals surface area contributed by atoms with E-state index in [2.05, 4.69) is 5.32 Å². The molecule has 7 heteroatoms. The molecule has 132 valence electrons. The van der Waals surface area contributed by atoms with E-state index in [1.165, 1.54) is 17.0 Å². The van der Waals surface area contributed by atoms with Gasteiger partial charge in [0.25, 0.3) is 5.91 Å². The molecule has 2 amide bonds.